The zero-order valence-corrected chi connectivity index (χ0v) is 10.3. The molecule has 0 bridgehead atoms. The third-order valence-corrected chi connectivity index (χ3v) is 3.49. The summed E-state index contributed by atoms with van der Waals surface area (Å²) in [4.78, 5) is 13.8. The van der Waals surface area contributed by atoms with E-state index in [1.165, 1.54) is 0 Å². The maximum Gasteiger partial charge on any atom is 0.231 e. The number of thiophene rings is 1. The van der Waals surface area contributed by atoms with E-state index in [1.54, 1.807) is 23.3 Å². The Hall–Kier alpha value is -0.870. The Bertz CT molecular complexity index is 308. The molecule has 0 spiro atoms. The van der Waals surface area contributed by atoms with Crippen LogP contribution in [0.15, 0.2) is 17.5 Å². The molecule has 0 fully saturated rings. The van der Waals surface area contributed by atoms with Crippen molar-refractivity contribution in [2.24, 2.45) is 17.6 Å². The Morgan fingerprint density at radius 1 is 1.60 bits per heavy atom. The summed E-state index contributed by atoms with van der Waals surface area (Å²) in [7, 11) is 1.80. The molecule has 84 valence electrons. The van der Waals surface area contributed by atoms with Crippen LogP contribution in [0.5, 0.6) is 0 Å². The summed E-state index contributed by atoms with van der Waals surface area (Å²) in [6.45, 7) is 4.46. The van der Waals surface area contributed by atoms with Gasteiger partial charge >= 0.3 is 0 Å². The molecule has 1 heterocycles. The molecule has 1 atom stereocenters. The minimum atomic E-state index is -0.0860. The highest BCUT2D eigenvalue weighted by atomic mass is 32.1. The van der Waals surface area contributed by atoms with Crippen molar-refractivity contribution in [3.05, 3.63) is 17.5 Å². The van der Waals surface area contributed by atoms with Gasteiger partial charge in [0.1, 0.15) is 0 Å². The Morgan fingerprint density at radius 3 is 2.67 bits per heavy atom. The SMILES string of the molecule is CC(C)C(CN)C(=O)N(C)c1cccs1. The molecule has 1 aromatic rings. The lowest BCUT2D eigenvalue weighted by Gasteiger charge is -2.24. The van der Waals surface area contributed by atoms with Crippen molar-refractivity contribution in [3.63, 3.8) is 0 Å². The normalized spacial score (nSPS) is 12.9. The van der Waals surface area contributed by atoms with Gasteiger partial charge in [0.2, 0.25) is 5.91 Å². The van der Waals surface area contributed by atoms with Crippen LogP contribution in [0.3, 0.4) is 0 Å². The zero-order valence-electron chi connectivity index (χ0n) is 9.43. The number of nitrogens with two attached hydrogens (primary N) is 1. The number of carbonyl (C=O) groups excluding carboxylic acids is 1. The minimum Gasteiger partial charge on any atom is -0.330 e. The first-order valence-corrected chi connectivity index (χ1v) is 5.97. The van der Waals surface area contributed by atoms with Crippen LogP contribution in [-0.4, -0.2) is 19.5 Å². The van der Waals surface area contributed by atoms with Crippen LogP contribution in [0.25, 0.3) is 0 Å². The first kappa shape index (κ1) is 12.2. The predicted octanol–water partition coefficient (Wildman–Crippen LogP) is 1.94. The second kappa shape index (κ2) is 5.28. The highest BCUT2D eigenvalue weighted by molar-refractivity contribution is 7.14. The number of nitrogens with zero attached hydrogens (tertiary/aromatic N) is 1. The molecule has 0 radical (unpaired) electrons. The molecular formula is C11H18N2OS. The molecule has 1 aromatic heterocycles. The number of rotatable bonds is 4. The smallest absolute Gasteiger partial charge is 0.231 e. The first-order valence-electron chi connectivity index (χ1n) is 5.09. The fraction of sp³-hybridized carbons (Fsp3) is 0.545. The summed E-state index contributed by atoms with van der Waals surface area (Å²) in [5, 5.41) is 2.94. The second-order valence-electron chi connectivity index (χ2n) is 3.93. The fourth-order valence-corrected chi connectivity index (χ4v) is 2.18. The molecule has 0 saturated carbocycles. The van der Waals surface area contributed by atoms with Crippen LogP contribution < -0.4 is 10.6 Å². The molecule has 0 saturated heterocycles. The summed E-state index contributed by atoms with van der Waals surface area (Å²) in [6, 6.07) is 3.88. The van der Waals surface area contributed by atoms with Gasteiger partial charge in [0.25, 0.3) is 0 Å². The Labute approximate surface area is 94.9 Å². The lowest BCUT2D eigenvalue weighted by Crippen LogP contribution is -2.39. The van der Waals surface area contributed by atoms with Crippen LogP contribution in [0, 0.1) is 11.8 Å². The van der Waals surface area contributed by atoms with Gasteiger partial charge in [-0.1, -0.05) is 13.8 Å². The molecule has 0 aliphatic rings. The van der Waals surface area contributed by atoms with Gasteiger partial charge in [-0.25, -0.2) is 0 Å². The number of carbonyl (C=O) groups is 1. The van der Waals surface area contributed by atoms with Crippen LogP contribution in [0.2, 0.25) is 0 Å². The van der Waals surface area contributed by atoms with Gasteiger partial charge in [-0.15, -0.1) is 11.3 Å². The number of hydrogen-bond acceptors (Lipinski definition) is 3. The monoisotopic (exact) mass is 226 g/mol. The topological polar surface area (TPSA) is 46.3 Å². The number of anilines is 1. The van der Waals surface area contributed by atoms with E-state index in [0.717, 1.165) is 5.00 Å². The number of hydrogen-bond donors (Lipinski definition) is 1. The molecule has 1 rings (SSSR count). The van der Waals surface area contributed by atoms with Gasteiger partial charge in [-0.2, -0.15) is 0 Å². The van der Waals surface area contributed by atoms with Crippen molar-refractivity contribution >= 4 is 22.2 Å². The largest absolute Gasteiger partial charge is 0.330 e. The van der Waals surface area contributed by atoms with E-state index in [2.05, 4.69) is 0 Å². The molecule has 0 aliphatic carbocycles. The second-order valence-corrected chi connectivity index (χ2v) is 4.86. The summed E-state index contributed by atoms with van der Waals surface area (Å²) < 4.78 is 0. The van der Waals surface area contributed by atoms with Crippen LogP contribution >= 0.6 is 11.3 Å². The van der Waals surface area contributed by atoms with E-state index in [-0.39, 0.29) is 17.7 Å². The van der Waals surface area contributed by atoms with E-state index in [0.29, 0.717) is 6.54 Å². The molecule has 15 heavy (non-hydrogen) atoms. The van der Waals surface area contributed by atoms with Crippen LogP contribution in [0.1, 0.15) is 13.8 Å². The number of amides is 1. The van der Waals surface area contributed by atoms with Crippen molar-refractivity contribution < 1.29 is 4.79 Å². The molecule has 2 N–H and O–H groups in total. The Kier molecular flexibility index (Phi) is 4.29. The lowest BCUT2D eigenvalue weighted by atomic mass is 9.95. The van der Waals surface area contributed by atoms with E-state index in [9.17, 15) is 4.79 Å². The molecular weight excluding hydrogens is 208 g/mol. The third kappa shape index (κ3) is 2.79. The maximum absolute atomic E-state index is 12.1. The molecule has 4 heteroatoms. The Balaban J connectivity index is 2.75. The lowest BCUT2D eigenvalue weighted by molar-refractivity contribution is -0.123. The van der Waals surface area contributed by atoms with Crippen LogP contribution in [0.4, 0.5) is 5.00 Å². The molecule has 0 aliphatic heterocycles. The first-order chi connectivity index (χ1) is 7.07. The van der Waals surface area contributed by atoms with Crippen molar-refractivity contribution in [2.45, 2.75) is 13.8 Å². The summed E-state index contributed by atoms with van der Waals surface area (Å²) in [6.07, 6.45) is 0. The zero-order chi connectivity index (χ0) is 11.4. The maximum atomic E-state index is 12.1. The van der Waals surface area contributed by atoms with Gasteiger partial charge in [0.05, 0.1) is 10.9 Å². The van der Waals surface area contributed by atoms with E-state index in [1.807, 2.05) is 31.4 Å². The van der Waals surface area contributed by atoms with Crippen molar-refractivity contribution in [1.29, 1.82) is 0 Å². The van der Waals surface area contributed by atoms with E-state index >= 15 is 0 Å². The van der Waals surface area contributed by atoms with Crippen LogP contribution in [-0.2, 0) is 4.79 Å². The van der Waals surface area contributed by atoms with Crippen molar-refractivity contribution in [3.8, 4) is 0 Å². The highest BCUT2D eigenvalue weighted by Gasteiger charge is 2.24. The van der Waals surface area contributed by atoms with E-state index in [4.69, 9.17) is 5.73 Å². The quantitative estimate of drug-likeness (QED) is 0.853. The van der Waals surface area contributed by atoms with Gasteiger partial charge < -0.3 is 10.6 Å². The molecule has 1 amide bonds. The third-order valence-electron chi connectivity index (χ3n) is 2.54. The van der Waals surface area contributed by atoms with Gasteiger partial charge in [-0.3, -0.25) is 4.79 Å². The average molecular weight is 226 g/mol. The van der Waals surface area contributed by atoms with Crippen molar-refractivity contribution in [2.75, 3.05) is 18.5 Å². The van der Waals surface area contributed by atoms with E-state index < -0.39 is 0 Å². The summed E-state index contributed by atoms with van der Waals surface area (Å²) in [5.41, 5.74) is 5.62. The standard InChI is InChI=1S/C11H18N2OS/c1-8(2)9(7-12)11(14)13(3)10-5-4-6-15-10/h4-6,8-9H,7,12H2,1-3H3. The van der Waals surface area contributed by atoms with Gasteiger partial charge in [0.15, 0.2) is 0 Å². The predicted molar refractivity (Wildman–Crippen MR) is 65.1 cm³/mol. The molecule has 1 unspecified atom stereocenters. The summed E-state index contributed by atoms with van der Waals surface area (Å²) in [5.74, 6) is 0.303. The summed E-state index contributed by atoms with van der Waals surface area (Å²) >= 11 is 1.56. The molecule has 3 nitrogen and oxygen atoms in total. The highest BCUT2D eigenvalue weighted by Crippen LogP contribution is 2.23. The average Bonchev–Trinajstić information content (AvgIpc) is 2.69. The minimum absolute atomic E-state index is 0.0860. The molecule has 0 aromatic carbocycles. The van der Waals surface area contributed by atoms with Gasteiger partial charge in [0, 0.05) is 13.6 Å². The Morgan fingerprint density at radius 2 is 2.27 bits per heavy atom. The van der Waals surface area contributed by atoms with Crippen molar-refractivity contribution in [1.82, 2.24) is 0 Å². The fourth-order valence-electron chi connectivity index (χ4n) is 1.48. The van der Waals surface area contributed by atoms with Gasteiger partial charge in [-0.05, 0) is 23.4 Å².